The molecule has 0 aliphatic carbocycles. The van der Waals surface area contributed by atoms with E-state index in [1.165, 1.54) is 11.3 Å². The monoisotopic (exact) mass is 273 g/mol. The number of aryl methyl sites for hydroxylation is 1. The quantitative estimate of drug-likeness (QED) is 0.687. The number of hydrazone groups is 1. The molecule has 1 amide bonds. The summed E-state index contributed by atoms with van der Waals surface area (Å²) >= 11 is 1.49. The molecule has 5 heteroatoms. The average molecular weight is 273 g/mol. The molecule has 0 aliphatic heterocycles. The summed E-state index contributed by atoms with van der Waals surface area (Å²) in [5.41, 5.74) is 5.27. The van der Waals surface area contributed by atoms with Crippen molar-refractivity contribution in [1.82, 2.24) is 10.4 Å². The number of hydrogen-bond acceptors (Lipinski definition) is 4. The van der Waals surface area contributed by atoms with Crippen molar-refractivity contribution in [1.29, 1.82) is 0 Å². The van der Waals surface area contributed by atoms with Crippen LogP contribution in [-0.4, -0.2) is 16.6 Å². The number of carbonyl (C=O) groups excluding carboxylic acids is 1. The van der Waals surface area contributed by atoms with Crippen LogP contribution in [0, 0.1) is 6.92 Å². The lowest BCUT2D eigenvalue weighted by atomic mass is 10.1. The molecule has 0 saturated carbocycles. The highest BCUT2D eigenvalue weighted by atomic mass is 32.1. The van der Waals surface area contributed by atoms with Crippen LogP contribution in [0.15, 0.2) is 40.8 Å². The van der Waals surface area contributed by atoms with Gasteiger partial charge in [0, 0.05) is 11.1 Å². The van der Waals surface area contributed by atoms with E-state index < -0.39 is 0 Å². The summed E-state index contributed by atoms with van der Waals surface area (Å²) < 4.78 is 0. The lowest BCUT2D eigenvalue weighted by molar-refractivity contribution is -0.120. The van der Waals surface area contributed by atoms with Crippen molar-refractivity contribution in [2.45, 2.75) is 20.3 Å². The van der Waals surface area contributed by atoms with Crippen LogP contribution in [0.4, 0.5) is 0 Å². The number of carbonyl (C=O) groups is 1. The maximum Gasteiger partial charge on any atom is 0.246 e. The minimum absolute atomic E-state index is 0.148. The standard InChI is InChI=1S/C14H15N3OS/c1-10-9-19-14(15-10)8-13(18)17-16-11(2)12-6-4-3-5-7-12/h3-7,9H,8H2,1-2H3,(H,17,18)/b16-11-. The second-order valence-electron chi connectivity index (χ2n) is 4.16. The van der Waals surface area contributed by atoms with Crippen LogP contribution in [0.2, 0.25) is 0 Å². The molecule has 0 radical (unpaired) electrons. The zero-order valence-corrected chi connectivity index (χ0v) is 11.7. The Morgan fingerprint density at radius 3 is 2.74 bits per heavy atom. The van der Waals surface area contributed by atoms with E-state index in [0.717, 1.165) is 22.0 Å². The van der Waals surface area contributed by atoms with Gasteiger partial charge in [-0.25, -0.2) is 10.4 Å². The Kier molecular flexibility index (Phi) is 4.41. The number of aromatic nitrogens is 1. The molecule has 0 unspecified atom stereocenters. The van der Waals surface area contributed by atoms with Crippen molar-refractivity contribution in [3.63, 3.8) is 0 Å². The van der Waals surface area contributed by atoms with Gasteiger partial charge in [-0.15, -0.1) is 11.3 Å². The minimum Gasteiger partial charge on any atom is -0.273 e. The van der Waals surface area contributed by atoms with Gasteiger partial charge in [-0.3, -0.25) is 4.79 Å². The molecule has 19 heavy (non-hydrogen) atoms. The molecule has 0 fully saturated rings. The molecule has 0 atom stereocenters. The molecule has 1 N–H and O–H groups in total. The largest absolute Gasteiger partial charge is 0.273 e. The molecule has 1 heterocycles. The fourth-order valence-corrected chi connectivity index (χ4v) is 2.32. The molecular formula is C14H15N3OS. The molecule has 0 bridgehead atoms. The molecule has 98 valence electrons. The van der Waals surface area contributed by atoms with E-state index in [4.69, 9.17) is 0 Å². The van der Waals surface area contributed by atoms with Crippen molar-refractivity contribution >= 4 is 23.0 Å². The lowest BCUT2D eigenvalue weighted by Crippen LogP contribution is -2.21. The van der Waals surface area contributed by atoms with Gasteiger partial charge in [0.2, 0.25) is 5.91 Å². The third-order valence-corrected chi connectivity index (χ3v) is 3.48. The summed E-state index contributed by atoms with van der Waals surface area (Å²) in [7, 11) is 0. The van der Waals surface area contributed by atoms with Crippen LogP contribution >= 0.6 is 11.3 Å². The fourth-order valence-electron chi connectivity index (χ4n) is 1.55. The van der Waals surface area contributed by atoms with Crippen molar-refractivity contribution in [2.75, 3.05) is 0 Å². The molecule has 2 aromatic rings. The Bertz CT molecular complexity index is 590. The molecular weight excluding hydrogens is 258 g/mol. The Hall–Kier alpha value is -2.01. The Morgan fingerprint density at radius 2 is 2.11 bits per heavy atom. The van der Waals surface area contributed by atoms with E-state index in [1.807, 2.05) is 49.6 Å². The zero-order valence-electron chi connectivity index (χ0n) is 10.9. The second-order valence-corrected chi connectivity index (χ2v) is 5.10. The van der Waals surface area contributed by atoms with E-state index >= 15 is 0 Å². The van der Waals surface area contributed by atoms with Crippen molar-refractivity contribution in [2.24, 2.45) is 5.10 Å². The predicted molar refractivity (Wildman–Crippen MR) is 77.4 cm³/mol. The molecule has 2 rings (SSSR count). The highest BCUT2D eigenvalue weighted by Gasteiger charge is 2.06. The maximum absolute atomic E-state index is 11.7. The highest BCUT2D eigenvalue weighted by Crippen LogP contribution is 2.09. The summed E-state index contributed by atoms with van der Waals surface area (Å²) in [6.07, 6.45) is 0.268. The Morgan fingerprint density at radius 1 is 1.37 bits per heavy atom. The average Bonchev–Trinajstić information content (AvgIpc) is 2.82. The van der Waals surface area contributed by atoms with Gasteiger partial charge < -0.3 is 0 Å². The number of thiazole rings is 1. The van der Waals surface area contributed by atoms with E-state index in [2.05, 4.69) is 15.5 Å². The summed E-state index contributed by atoms with van der Waals surface area (Å²) in [6.45, 7) is 3.78. The molecule has 1 aromatic heterocycles. The number of rotatable bonds is 4. The highest BCUT2D eigenvalue weighted by molar-refractivity contribution is 7.09. The summed E-state index contributed by atoms with van der Waals surface area (Å²) in [5.74, 6) is -0.148. The van der Waals surface area contributed by atoms with Crippen LogP contribution in [-0.2, 0) is 11.2 Å². The number of hydrogen-bond donors (Lipinski definition) is 1. The van der Waals surface area contributed by atoms with Gasteiger partial charge in [-0.1, -0.05) is 30.3 Å². The van der Waals surface area contributed by atoms with Crippen LogP contribution in [0.25, 0.3) is 0 Å². The Balaban J connectivity index is 1.93. The van der Waals surface area contributed by atoms with Gasteiger partial charge in [-0.05, 0) is 19.4 Å². The second kappa shape index (κ2) is 6.24. The fraction of sp³-hybridized carbons (Fsp3) is 0.214. The first kappa shape index (κ1) is 13.4. The van der Waals surface area contributed by atoms with Gasteiger partial charge >= 0.3 is 0 Å². The third kappa shape index (κ3) is 3.99. The number of benzene rings is 1. The first-order valence-corrected chi connectivity index (χ1v) is 6.82. The lowest BCUT2D eigenvalue weighted by Gasteiger charge is -2.01. The normalized spacial score (nSPS) is 11.4. The summed E-state index contributed by atoms with van der Waals surface area (Å²) in [5, 5.41) is 6.83. The van der Waals surface area contributed by atoms with E-state index in [0.29, 0.717) is 0 Å². The van der Waals surface area contributed by atoms with Crippen LogP contribution in [0.3, 0.4) is 0 Å². The van der Waals surface area contributed by atoms with Crippen LogP contribution in [0.1, 0.15) is 23.2 Å². The first-order chi connectivity index (χ1) is 9.15. The number of nitrogens with one attached hydrogen (secondary N) is 1. The van der Waals surface area contributed by atoms with Crippen LogP contribution < -0.4 is 5.43 Å². The van der Waals surface area contributed by atoms with Crippen molar-refractivity contribution < 1.29 is 4.79 Å². The first-order valence-electron chi connectivity index (χ1n) is 5.94. The molecule has 1 aromatic carbocycles. The summed E-state index contributed by atoms with van der Waals surface area (Å²) in [4.78, 5) is 16.0. The predicted octanol–water partition coefficient (Wildman–Crippen LogP) is 2.53. The SMILES string of the molecule is C/C(=N/NC(=O)Cc1nc(C)cs1)c1ccccc1. The maximum atomic E-state index is 11.7. The number of nitrogens with zero attached hydrogens (tertiary/aromatic N) is 2. The van der Waals surface area contributed by atoms with Gasteiger partial charge in [-0.2, -0.15) is 5.10 Å². The van der Waals surface area contributed by atoms with E-state index in [9.17, 15) is 4.79 Å². The van der Waals surface area contributed by atoms with Crippen molar-refractivity contribution in [3.8, 4) is 0 Å². The van der Waals surface area contributed by atoms with E-state index in [1.54, 1.807) is 0 Å². The van der Waals surface area contributed by atoms with Gasteiger partial charge in [0.1, 0.15) is 5.01 Å². The Labute approximate surface area is 116 Å². The molecule has 4 nitrogen and oxygen atoms in total. The van der Waals surface area contributed by atoms with E-state index in [-0.39, 0.29) is 12.3 Å². The van der Waals surface area contributed by atoms with Gasteiger partial charge in [0.25, 0.3) is 0 Å². The zero-order chi connectivity index (χ0) is 13.7. The van der Waals surface area contributed by atoms with Gasteiger partial charge in [0.05, 0.1) is 12.1 Å². The van der Waals surface area contributed by atoms with Crippen LogP contribution in [0.5, 0.6) is 0 Å². The third-order valence-electron chi connectivity index (χ3n) is 2.52. The van der Waals surface area contributed by atoms with Gasteiger partial charge in [0.15, 0.2) is 0 Å². The number of amides is 1. The molecule has 0 spiro atoms. The molecule has 0 aliphatic rings. The van der Waals surface area contributed by atoms with Crippen molar-refractivity contribution in [3.05, 3.63) is 52.0 Å². The topological polar surface area (TPSA) is 54.4 Å². The minimum atomic E-state index is -0.148. The molecule has 0 saturated heterocycles. The smallest absolute Gasteiger partial charge is 0.246 e. The summed E-state index contributed by atoms with van der Waals surface area (Å²) in [6, 6.07) is 9.73.